The Bertz CT molecular complexity index is 154. The Morgan fingerprint density at radius 1 is 1.44 bits per heavy atom. The molecule has 0 aliphatic carbocycles. The van der Waals surface area contributed by atoms with E-state index >= 15 is 0 Å². The molecule has 0 spiro atoms. The van der Waals surface area contributed by atoms with Crippen LogP contribution in [0.2, 0.25) is 0 Å². The smallest absolute Gasteiger partial charge is 0.212 e. The van der Waals surface area contributed by atoms with Crippen molar-refractivity contribution < 1.29 is 24.2 Å². The average Bonchev–Trinajstić information content (AvgIpc) is 1.90. The molecular weight excluding hydrogens is 167 g/mol. The van der Waals surface area contributed by atoms with Gasteiger partial charge in [-0.25, -0.2) is 4.98 Å². The second-order valence-corrected chi connectivity index (χ2v) is 1.37. The zero-order chi connectivity index (χ0) is 5.82. The van der Waals surface area contributed by atoms with E-state index in [0.29, 0.717) is 5.88 Å². The van der Waals surface area contributed by atoms with Crippen molar-refractivity contribution in [1.82, 2.24) is 4.98 Å². The fourth-order valence-corrected chi connectivity index (χ4v) is 0.468. The minimum atomic E-state index is 0. The maximum absolute atomic E-state index is 4.80. The van der Waals surface area contributed by atoms with Gasteiger partial charge in [0.25, 0.3) is 0 Å². The van der Waals surface area contributed by atoms with Crippen LogP contribution in [0.15, 0.2) is 24.4 Å². The molecule has 0 fully saturated rings. The number of ether oxygens (including phenoxy) is 1. The Hall–Kier alpha value is -0.427. The summed E-state index contributed by atoms with van der Waals surface area (Å²) in [6.45, 7) is 0. The van der Waals surface area contributed by atoms with Crippen molar-refractivity contribution in [2.45, 2.75) is 0 Å². The summed E-state index contributed by atoms with van der Waals surface area (Å²) in [5.74, 6) is 0.660. The van der Waals surface area contributed by atoms with E-state index in [9.17, 15) is 0 Å². The van der Waals surface area contributed by atoms with Gasteiger partial charge < -0.3 is 4.74 Å². The molecule has 0 aliphatic heterocycles. The monoisotopic (exact) mass is 173 g/mol. The third kappa shape index (κ3) is 2.57. The van der Waals surface area contributed by atoms with Gasteiger partial charge in [0.2, 0.25) is 5.88 Å². The van der Waals surface area contributed by atoms with E-state index in [1.54, 1.807) is 19.4 Å². The largest absolute Gasteiger partial charge is 0.481 e. The van der Waals surface area contributed by atoms with Gasteiger partial charge in [-0.3, -0.25) is 0 Å². The summed E-state index contributed by atoms with van der Waals surface area (Å²) in [5.41, 5.74) is 0. The number of nitrogens with zero attached hydrogens (tertiary/aromatic N) is 1. The molecule has 9 heavy (non-hydrogen) atoms. The van der Waals surface area contributed by atoms with E-state index in [1.807, 2.05) is 12.1 Å². The van der Waals surface area contributed by atoms with Gasteiger partial charge in [-0.15, -0.1) is 0 Å². The molecule has 0 aliphatic rings. The van der Waals surface area contributed by atoms with E-state index in [0.717, 1.165) is 0 Å². The molecule has 0 unspecified atom stereocenters. The molecule has 1 rings (SSSR count). The summed E-state index contributed by atoms with van der Waals surface area (Å²) >= 11 is 0. The molecule has 0 atom stereocenters. The predicted octanol–water partition coefficient (Wildman–Crippen LogP) is 1.09. The van der Waals surface area contributed by atoms with Crippen LogP contribution in [0.1, 0.15) is 0 Å². The van der Waals surface area contributed by atoms with Crippen LogP contribution in [0.25, 0.3) is 0 Å². The molecule has 0 N–H and O–H groups in total. The summed E-state index contributed by atoms with van der Waals surface area (Å²) < 4.78 is 4.80. The van der Waals surface area contributed by atoms with Gasteiger partial charge in [0.05, 0.1) is 7.11 Å². The Morgan fingerprint density at radius 2 is 2.22 bits per heavy atom. The molecule has 0 aromatic carbocycles. The summed E-state index contributed by atoms with van der Waals surface area (Å²) in [4.78, 5) is 3.88. The molecule has 0 saturated carbocycles. The maximum Gasteiger partial charge on any atom is 0.212 e. The molecule has 0 amide bonds. The van der Waals surface area contributed by atoms with Gasteiger partial charge in [0.1, 0.15) is 0 Å². The van der Waals surface area contributed by atoms with Crippen molar-refractivity contribution in [2.75, 3.05) is 7.11 Å². The first-order valence-electron chi connectivity index (χ1n) is 2.38. The summed E-state index contributed by atoms with van der Waals surface area (Å²) in [5, 5.41) is 0. The normalized spacial score (nSPS) is 7.67. The van der Waals surface area contributed by atoms with E-state index in [2.05, 4.69) is 4.98 Å². The molecule has 1 aromatic rings. The number of rotatable bonds is 1. The van der Waals surface area contributed by atoms with Crippen LogP contribution in [-0.4, -0.2) is 12.1 Å². The van der Waals surface area contributed by atoms with Crippen molar-refractivity contribution in [3.63, 3.8) is 0 Å². The van der Waals surface area contributed by atoms with Crippen LogP contribution in [0, 0.1) is 0 Å². The van der Waals surface area contributed by atoms with Crippen molar-refractivity contribution in [2.24, 2.45) is 0 Å². The minimum absolute atomic E-state index is 0. The standard InChI is InChI=1S/C6H7NO.Zn/c1-8-6-4-2-3-5-7-6;/h2-5H,1H3;. The number of aromatic nitrogens is 1. The molecule has 2 nitrogen and oxygen atoms in total. The van der Waals surface area contributed by atoms with E-state index in [4.69, 9.17) is 4.74 Å². The van der Waals surface area contributed by atoms with Gasteiger partial charge in [-0.2, -0.15) is 0 Å². The van der Waals surface area contributed by atoms with Gasteiger partial charge in [0, 0.05) is 31.7 Å². The van der Waals surface area contributed by atoms with Crippen LogP contribution >= 0.6 is 0 Å². The Labute approximate surface area is 67.0 Å². The van der Waals surface area contributed by atoms with Crippen molar-refractivity contribution >= 4 is 0 Å². The second kappa shape index (κ2) is 4.45. The molecule has 1 aromatic heterocycles. The van der Waals surface area contributed by atoms with Crippen LogP contribution in [0.3, 0.4) is 0 Å². The first-order chi connectivity index (χ1) is 3.93. The average molecular weight is 175 g/mol. The van der Waals surface area contributed by atoms with Gasteiger partial charge in [-0.1, -0.05) is 6.07 Å². The Balaban J connectivity index is 0.000000640. The summed E-state index contributed by atoms with van der Waals surface area (Å²) in [6.07, 6.45) is 1.69. The minimum Gasteiger partial charge on any atom is -0.481 e. The third-order valence-electron chi connectivity index (χ3n) is 0.847. The third-order valence-corrected chi connectivity index (χ3v) is 0.847. The number of hydrogen-bond donors (Lipinski definition) is 0. The molecular formula is C6H7NOZn. The first-order valence-corrected chi connectivity index (χ1v) is 2.38. The van der Waals surface area contributed by atoms with E-state index in [-0.39, 0.29) is 19.5 Å². The predicted molar refractivity (Wildman–Crippen MR) is 30.8 cm³/mol. The molecule has 3 heteroatoms. The zero-order valence-electron chi connectivity index (χ0n) is 5.37. The fraction of sp³-hybridized carbons (Fsp3) is 0.167. The topological polar surface area (TPSA) is 22.1 Å². The van der Waals surface area contributed by atoms with Gasteiger partial charge in [-0.05, 0) is 6.07 Å². The van der Waals surface area contributed by atoms with Crippen molar-refractivity contribution in [3.05, 3.63) is 24.4 Å². The molecule has 1 heterocycles. The SMILES string of the molecule is COc1ccccn1.[Zn]. The summed E-state index contributed by atoms with van der Waals surface area (Å²) in [7, 11) is 1.60. The fourth-order valence-electron chi connectivity index (χ4n) is 0.468. The Morgan fingerprint density at radius 3 is 2.56 bits per heavy atom. The molecule has 0 radical (unpaired) electrons. The number of pyridine rings is 1. The first kappa shape index (κ1) is 8.57. The number of methoxy groups -OCH3 is 1. The molecule has 0 saturated heterocycles. The van der Waals surface area contributed by atoms with Crippen molar-refractivity contribution in [1.29, 1.82) is 0 Å². The van der Waals surface area contributed by atoms with Gasteiger partial charge >= 0.3 is 0 Å². The zero-order valence-corrected chi connectivity index (χ0v) is 8.34. The summed E-state index contributed by atoms with van der Waals surface area (Å²) in [6, 6.07) is 5.54. The van der Waals surface area contributed by atoms with Crippen LogP contribution in [-0.2, 0) is 19.5 Å². The second-order valence-electron chi connectivity index (χ2n) is 1.37. The molecule has 0 bridgehead atoms. The van der Waals surface area contributed by atoms with Gasteiger partial charge in [0.15, 0.2) is 0 Å². The quantitative estimate of drug-likeness (QED) is 0.595. The van der Waals surface area contributed by atoms with Crippen LogP contribution in [0.4, 0.5) is 0 Å². The Kier molecular flexibility index (Phi) is 4.24. The number of hydrogen-bond acceptors (Lipinski definition) is 2. The maximum atomic E-state index is 4.80. The van der Waals surface area contributed by atoms with Crippen molar-refractivity contribution in [3.8, 4) is 5.88 Å². The van der Waals surface area contributed by atoms with E-state index in [1.165, 1.54) is 0 Å². The van der Waals surface area contributed by atoms with Crippen LogP contribution in [0.5, 0.6) is 5.88 Å². The molecule has 44 valence electrons. The van der Waals surface area contributed by atoms with Crippen LogP contribution < -0.4 is 4.74 Å². The van der Waals surface area contributed by atoms with E-state index < -0.39 is 0 Å².